The number of ether oxygens (including phenoxy) is 2. The van der Waals surface area contributed by atoms with Gasteiger partial charge in [0.05, 0.1) is 19.8 Å². The molecule has 1 N–H and O–H groups in total. The fraction of sp³-hybridized carbons (Fsp3) is 0.409. The van der Waals surface area contributed by atoms with Gasteiger partial charge in [0.25, 0.3) is 0 Å². The zero-order chi connectivity index (χ0) is 19.6. The Kier molecular flexibility index (Phi) is 8.14. The Bertz CT molecular complexity index is 731. The van der Waals surface area contributed by atoms with Crippen molar-refractivity contribution in [1.82, 2.24) is 10.2 Å². The Labute approximate surface area is 162 Å². The third-order valence-electron chi connectivity index (χ3n) is 4.51. The predicted octanol–water partition coefficient (Wildman–Crippen LogP) is 3.45. The first-order valence-electron chi connectivity index (χ1n) is 9.33. The van der Waals surface area contributed by atoms with E-state index in [0.717, 1.165) is 22.6 Å². The van der Waals surface area contributed by atoms with Gasteiger partial charge in [-0.3, -0.25) is 4.79 Å². The Morgan fingerprint density at radius 3 is 2.41 bits per heavy atom. The topological polar surface area (TPSA) is 50.8 Å². The van der Waals surface area contributed by atoms with E-state index in [-0.39, 0.29) is 11.9 Å². The fourth-order valence-corrected chi connectivity index (χ4v) is 3.07. The van der Waals surface area contributed by atoms with Crippen molar-refractivity contribution in [3.05, 3.63) is 59.7 Å². The van der Waals surface area contributed by atoms with E-state index in [1.165, 1.54) is 0 Å². The molecule has 0 heterocycles. The number of rotatable bonds is 10. The molecule has 2 aromatic rings. The van der Waals surface area contributed by atoms with E-state index in [9.17, 15) is 4.79 Å². The Morgan fingerprint density at radius 2 is 1.74 bits per heavy atom. The van der Waals surface area contributed by atoms with Crippen LogP contribution in [0.15, 0.2) is 48.5 Å². The zero-order valence-corrected chi connectivity index (χ0v) is 16.7. The lowest BCUT2D eigenvalue weighted by molar-refractivity contribution is -0.121. The predicted molar refractivity (Wildman–Crippen MR) is 108 cm³/mol. The van der Waals surface area contributed by atoms with Crippen molar-refractivity contribution in [3.63, 3.8) is 0 Å². The molecule has 27 heavy (non-hydrogen) atoms. The number of likely N-dealkylation sites (N-methyl/N-ethyl adjacent to an activating group) is 1. The highest BCUT2D eigenvalue weighted by atomic mass is 16.5. The molecule has 0 fully saturated rings. The lowest BCUT2D eigenvalue weighted by Crippen LogP contribution is -2.34. The summed E-state index contributed by atoms with van der Waals surface area (Å²) >= 11 is 0. The second-order valence-electron chi connectivity index (χ2n) is 6.57. The van der Waals surface area contributed by atoms with Crippen molar-refractivity contribution >= 4 is 5.91 Å². The summed E-state index contributed by atoms with van der Waals surface area (Å²) in [7, 11) is 5.67. The zero-order valence-electron chi connectivity index (χ0n) is 16.7. The smallest absolute Gasteiger partial charge is 0.220 e. The molecule has 5 heteroatoms. The Balaban J connectivity index is 1.95. The number of nitrogens with zero attached hydrogens (tertiary/aromatic N) is 1. The van der Waals surface area contributed by atoms with Crippen molar-refractivity contribution in [2.75, 3.05) is 34.4 Å². The molecule has 0 bridgehead atoms. The summed E-state index contributed by atoms with van der Waals surface area (Å²) < 4.78 is 11.1. The maximum Gasteiger partial charge on any atom is 0.220 e. The number of hydrogen-bond donors (Lipinski definition) is 1. The average molecular weight is 370 g/mol. The summed E-state index contributed by atoms with van der Waals surface area (Å²) in [6.45, 7) is 3.11. The maximum absolute atomic E-state index is 12.4. The minimum Gasteiger partial charge on any atom is -0.496 e. The van der Waals surface area contributed by atoms with Crippen molar-refractivity contribution in [2.45, 2.75) is 25.8 Å². The molecule has 0 aliphatic rings. The lowest BCUT2D eigenvalue weighted by atomic mass is 10.0. The van der Waals surface area contributed by atoms with Crippen LogP contribution in [0.3, 0.4) is 0 Å². The first-order valence-corrected chi connectivity index (χ1v) is 9.33. The third kappa shape index (κ3) is 6.00. The highest BCUT2D eigenvalue weighted by molar-refractivity contribution is 5.76. The van der Waals surface area contributed by atoms with Crippen molar-refractivity contribution < 1.29 is 14.3 Å². The SMILES string of the molecule is CCOc1ccccc1CCC(=O)NCC(c1ccccc1OC)N(C)C. The summed E-state index contributed by atoms with van der Waals surface area (Å²) in [5.74, 6) is 1.71. The third-order valence-corrected chi connectivity index (χ3v) is 4.51. The van der Waals surface area contributed by atoms with Crippen LogP contribution in [0.25, 0.3) is 0 Å². The number of aryl methyl sites for hydroxylation is 1. The van der Waals surface area contributed by atoms with E-state index in [1.54, 1.807) is 7.11 Å². The number of methoxy groups -OCH3 is 1. The molecule has 0 aliphatic heterocycles. The normalized spacial score (nSPS) is 11.9. The summed E-state index contributed by atoms with van der Waals surface area (Å²) in [6, 6.07) is 15.8. The molecule has 2 rings (SSSR count). The molecule has 1 amide bonds. The number of carbonyl (C=O) groups excluding carboxylic acids is 1. The molecule has 1 unspecified atom stereocenters. The van der Waals surface area contributed by atoms with Crippen LogP contribution < -0.4 is 14.8 Å². The number of hydrogen-bond acceptors (Lipinski definition) is 4. The quantitative estimate of drug-likeness (QED) is 0.696. The first-order chi connectivity index (χ1) is 13.1. The van der Waals surface area contributed by atoms with E-state index in [4.69, 9.17) is 9.47 Å². The molecular formula is C22H30N2O3. The highest BCUT2D eigenvalue weighted by Crippen LogP contribution is 2.27. The Morgan fingerprint density at radius 1 is 1.07 bits per heavy atom. The molecule has 0 saturated heterocycles. The summed E-state index contributed by atoms with van der Waals surface area (Å²) in [4.78, 5) is 14.5. The van der Waals surface area contributed by atoms with E-state index < -0.39 is 0 Å². The van der Waals surface area contributed by atoms with Gasteiger partial charge in [-0.1, -0.05) is 36.4 Å². The van der Waals surface area contributed by atoms with Crippen LogP contribution in [0.4, 0.5) is 0 Å². The van der Waals surface area contributed by atoms with Crippen molar-refractivity contribution in [3.8, 4) is 11.5 Å². The van der Waals surface area contributed by atoms with Crippen LogP contribution in [0.2, 0.25) is 0 Å². The molecular weight excluding hydrogens is 340 g/mol. The van der Waals surface area contributed by atoms with Gasteiger partial charge in [-0.15, -0.1) is 0 Å². The standard InChI is InChI=1S/C22H30N2O3/c1-5-27-20-12-8-6-10-17(20)14-15-22(25)23-16-19(24(2)3)18-11-7-9-13-21(18)26-4/h6-13,19H,5,14-16H2,1-4H3,(H,23,25). The van der Waals surface area contributed by atoms with Crippen LogP contribution in [-0.4, -0.2) is 45.2 Å². The van der Waals surface area contributed by atoms with Gasteiger partial charge in [0, 0.05) is 18.5 Å². The van der Waals surface area contributed by atoms with Gasteiger partial charge in [-0.2, -0.15) is 0 Å². The molecule has 0 saturated carbocycles. The van der Waals surface area contributed by atoms with Gasteiger partial charge in [0.1, 0.15) is 11.5 Å². The highest BCUT2D eigenvalue weighted by Gasteiger charge is 2.19. The molecule has 1 atom stereocenters. The first kappa shape index (κ1) is 20.8. The van der Waals surface area contributed by atoms with Crippen LogP contribution in [0.5, 0.6) is 11.5 Å². The second kappa shape index (κ2) is 10.6. The molecule has 0 aromatic heterocycles. The minimum atomic E-state index is 0.0306. The maximum atomic E-state index is 12.4. The van der Waals surface area contributed by atoms with Crippen LogP contribution in [0.1, 0.15) is 30.5 Å². The molecule has 0 spiro atoms. The summed E-state index contributed by atoms with van der Waals surface area (Å²) in [5.41, 5.74) is 2.12. The monoisotopic (exact) mass is 370 g/mol. The van der Waals surface area contributed by atoms with Crippen LogP contribution in [0, 0.1) is 0 Å². The number of carbonyl (C=O) groups is 1. The largest absolute Gasteiger partial charge is 0.496 e. The molecule has 146 valence electrons. The Hall–Kier alpha value is -2.53. The van der Waals surface area contributed by atoms with Gasteiger partial charge < -0.3 is 19.7 Å². The van der Waals surface area contributed by atoms with E-state index in [2.05, 4.69) is 10.2 Å². The molecule has 0 aliphatic carbocycles. The lowest BCUT2D eigenvalue weighted by Gasteiger charge is -2.26. The van der Waals surface area contributed by atoms with E-state index in [1.807, 2.05) is 69.6 Å². The van der Waals surface area contributed by atoms with E-state index in [0.29, 0.717) is 26.0 Å². The number of nitrogens with one attached hydrogen (secondary N) is 1. The van der Waals surface area contributed by atoms with Crippen LogP contribution >= 0.6 is 0 Å². The van der Waals surface area contributed by atoms with Gasteiger partial charge in [0.2, 0.25) is 5.91 Å². The van der Waals surface area contributed by atoms with Crippen LogP contribution in [-0.2, 0) is 11.2 Å². The van der Waals surface area contributed by atoms with E-state index >= 15 is 0 Å². The van der Waals surface area contributed by atoms with Crippen molar-refractivity contribution in [1.29, 1.82) is 0 Å². The summed E-state index contributed by atoms with van der Waals surface area (Å²) in [5, 5.41) is 3.06. The second-order valence-corrected chi connectivity index (χ2v) is 6.57. The number of amides is 1. The van der Waals surface area contributed by atoms with Gasteiger partial charge in [-0.25, -0.2) is 0 Å². The average Bonchev–Trinajstić information content (AvgIpc) is 2.67. The number of benzene rings is 2. The van der Waals surface area contributed by atoms with Gasteiger partial charge in [-0.05, 0) is 45.1 Å². The minimum absolute atomic E-state index is 0.0306. The summed E-state index contributed by atoms with van der Waals surface area (Å²) in [6.07, 6.45) is 1.08. The van der Waals surface area contributed by atoms with Gasteiger partial charge >= 0.3 is 0 Å². The van der Waals surface area contributed by atoms with Crippen molar-refractivity contribution in [2.24, 2.45) is 0 Å². The number of para-hydroxylation sites is 2. The molecule has 2 aromatic carbocycles. The molecule has 5 nitrogen and oxygen atoms in total. The fourth-order valence-electron chi connectivity index (χ4n) is 3.07. The molecule has 0 radical (unpaired) electrons. The van der Waals surface area contributed by atoms with Gasteiger partial charge in [0.15, 0.2) is 0 Å².